The van der Waals surface area contributed by atoms with Crippen molar-refractivity contribution in [1.82, 2.24) is 14.3 Å². The number of benzene rings is 2. The quantitative estimate of drug-likeness (QED) is 0.627. The summed E-state index contributed by atoms with van der Waals surface area (Å²) in [5.41, 5.74) is -4.11. The SMILES string of the molecule is Cc1nc2ccc(C(=O)NS(=O)(=O)C(F)(F)F)cc2n1Cc1ccccc1Cl.Cl. The number of imidazole rings is 1. The van der Waals surface area contributed by atoms with E-state index in [-0.39, 0.29) is 18.0 Å². The molecule has 0 unspecified atom stereocenters. The van der Waals surface area contributed by atoms with Crippen LogP contribution in [0.1, 0.15) is 21.7 Å². The third-order valence-electron chi connectivity index (χ3n) is 4.02. The fourth-order valence-corrected chi connectivity index (χ4v) is 3.29. The number of alkyl halides is 3. The Morgan fingerprint density at radius 3 is 2.48 bits per heavy atom. The second-order valence-electron chi connectivity index (χ2n) is 5.92. The molecule has 3 rings (SSSR count). The van der Waals surface area contributed by atoms with Crippen molar-refractivity contribution in [1.29, 1.82) is 0 Å². The number of amides is 1. The number of hydrogen-bond donors (Lipinski definition) is 1. The molecule has 0 fully saturated rings. The number of aromatic nitrogens is 2. The van der Waals surface area contributed by atoms with E-state index in [1.807, 2.05) is 0 Å². The van der Waals surface area contributed by atoms with Gasteiger partial charge in [0.25, 0.3) is 5.91 Å². The van der Waals surface area contributed by atoms with Crippen LogP contribution in [0.2, 0.25) is 5.02 Å². The number of carbonyl (C=O) groups is 1. The molecule has 0 saturated heterocycles. The Balaban J connectivity index is 0.00000300. The average Bonchev–Trinajstić information content (AvgIpc) is 2.90. The van der Waals surface area contributed by atoms with Gasteiger partial charge in [0.2, 0.25) is 0 Å². The monoisotopic (exact) mass is 467 g/mol. The maximum atomic E-state index is 12.5. The number of carbonyl (C=O) groups excluding carboxylic acids is 1. The first-order valence-corrected chi connectivity index (χ1v) is 9.69. The van der Waals surface area contributed by atoms with Gasteiger partial charge in [0.1, 0.15) is 5.82 Å². The van der Waals surface area contributed by atoms with Gasteiger partial charge in [0.05, 0.1) is 17.6 Å². The molecular formula is C17H14Cl2F3N3O3S. The lowest BCUT2D eigenvalue weighted by atomic mass is 10.2. The van der Waals surface area contributed by atoms with E-state index in [9.17, 15) is 26.4 Å². The van der Waals surface area contributed by atoms with Gasteiger partial charge >= 0.3 is 15.5 Å². The van der Waals surface area contributed by atoms with Gasteiger partial charge in [0, 0.05) is 10.6 Å². The number of fused-ring (bicyclic) bond motifs is 1. The van der Waals surface area contributed by atoms with E-state index in [0.29, 0.717) is 28.4 Å². The van der Waals surface area contributed by atoms with Crippen LogP contribution in [-0.2, 0) is 16.6 Å². The molecule has 6 nitrogen and oxygen atoms in total. The van der Waals surface area contributed by atoms with E-state index in [4.69, 9.17) is 11.6 Å². The molecule has 3 aromatic rings. The predicted molar refractivity (Wildman–Crippen MR) is 105 cm³/mol. The van der Waals surface area contributed by atoms with Gasteiger partial charge in [-0.05, 0) is 36.8 Å². The summed E-state index contributed by atoms with van der Waals surface area (Å²) in [4.78, 5) is 16.4. The molecule has 0 aliphatic heterocycles. The number of rotatable bonds is 4. The van der Waals surface area contributed by atoms with Crippen LogP contribution in [-0.4, -0.2) is 29.4 Å². The van der Waals surface area contributed by atoms with Gasteiger partial charge in [-0.25, -0.2) is 9.71 Å². The maximum Gasteiger partial charge on any atom is 0.516 e. The number of aryl methyl sites for hydroxylation is 1. The molecule has 0 atom stereocenters. The molecule has 1 amide bonds. The molecule has 2 aromatic carbocycles. The lowest BCUT2D eigenvalue weighted by Gasteiger charge is -2.11. The van der Waals surface area contributed by atoms with E-state index in [1.165, 1.54) is 18.2 Å². The van der Waals surface area contributed by atoms with Crippen molar-refractivity contribution in [2.75, 3.05) is 0 Å². The first kappa shape index (κ1) is 23.0. The van der Waals surface area contributed by atoms with E-state index >= 15 is 0 Å². The molecule has 1 aromatic heterocycles. The molecular weight excluding hydrogens is 454 g/mol. The average molecular weight is 468 g/mol. The highest BCUT2D eigenvalue weighted by molar-refractivity contribution is 7.90. The van der Waals surface area contributed by atoms with Crippen molar-refractivity contribution < 1.29 is 26.4 Å². The van der Waals surface area contributed by atoms with Crippen LogP contribution in [0.5, 0.6) is 0 Å². The highest BCUT2D eigenvalue weighted by atomic mass is 35.5. The summed E-state index contributed by atoms with van der Waals surface area (Å²) in [6.45, 7) is 2.04. The number of nitrogens with zero attached hydrogens (tertiary/aromatic N) is 2. The second-order valence-corrected chi connectivity index (χ2v) is 8.00. The van der Waals surface area contributed by atoms with E-state index in [2.05, 4.69) is 4.98 Å². The molecule has 0 saturated carbocycles. The maximum absolute atomic E-state index is 12.5. The van der Waals surface area contributed by atoms with Crippen molar-refractivity contribution in [2.24, 2.45) is 0 Å². The van der Waals surface area contributed by atoms with Crippen molar-refractivity contribution in [3.05, 3.63) is 64.4 Å². The third-order valence-corrected chi connectivity index (χ3v) is 5.45. The molecule has 1 heterocycles. The smallest absolute Gasteiger partial charge is 0.324 e. The van der Waals surface area contributed by atoms with Crippen LogP contribution in [0.4, 0.5) is 13.2 Å². The van der Waals surface area contributed by atoms with Gasteiger partial charge in [-0.15, -0.1) is 12.4 Å². The Labute approximate surface area is 175 Å². The molecule has 156 valence electrons. The third kappa shape index (κ3) is 4.65. The molecule has 0 bridgehead atoms. The van der Waals surface area contributed by atoms with E-state index in [1.54, 1.807) is 35.8 Å². The van der Waals surface area contributed by atoms with Crippen LogP contribution >= 0.6 is 24.0 Å². The number of halogens is 5. The number of sulfonamides is 1. The number of nitrogens with one attached hydrogen (secondary N) is 1. The summed E-state index contributed by atoms with van der Waals surface area (Å²) >= 11 is 6.17. The summed E-state index contributed by atoms with van der Waals surface area (Å²) in [5.74, 6) is -0.794. The van der Waals surface area contributed by atoms with Gasteiger partial charge in [0.15, 0.2) is 0 Å². The van der Waals surface area contributed by atoms with Crippen LogP contribution < -0.4 is 4.72 Å². The fraction of sp³-hybridized carbons (Fsp3) is 0.176. The molecule has 0 aliphatic carbocycles. The topological polar surface area (TPSA) is 81.1 Å². The van der Waals surface area contributed by atoms with Gasteiger partial charge < -0.3 is 4.57 Å². The van der Waals surface area contributed by atoms with Crippen LogP contribution in [0, 0.1) is 6.92 Å². The Hall–Kier alpha value is -2.30. The minimum Gasteiger partial charge on any atom is -0.324 e. The Kier molecular flexibility index (Phi) is 6.51. The van der Waals surface area contributed by atoms with Crippen molar-refractivity contribution >= 4 is 51.0 Å². The first-order chi connectivity index (χ1) is 13.0. The fourth-order valence-electron chi connectivity index (χ4n) is 2.62. The molecule has 12 heteroatoms. The Morgan fingerprint density at radius 2 is 1.86 bits per heavy atom. The van der Waals surface area contributed by atoms with E-state index in [0.717, 1.165) is 10.3 Å². The highest BCUT2D eigenvalue weighted by Crippen LogP contribution is 2.24. The van der Waals surface area contributed by atoms with Crippen LogP contribution in [0.25, 0.3) is 11.0 Å². The zero-order chi connectivity index (χ0) is 20.7. The summed E-state index contributed by atoms with van der Waals surface area (Å²) in [6.07, 6.45) is 0. The minimum absolute atomic E-state index is 0. The number of hydrogen-bond acceptors (Lipinski definition) is 4. The van der Waals surface area contributed by atoms with Gasteiger partial charge in [-0.2, -0.15) is 21.6 Å². The van der Waals surface area contributed by atoms with E-state index < -0.39 is 21.4 Å². The standard InChI is InChI=1S/C17H13ClF3N3O3S.ClH/c1-10-22-14-7-6-11(16(25)23-28(26,27)17(19,20)21)8-15(14)24(10)9-12-4-2-3-5-13(12)18;/h2-8H,9H2,1H3,(H,23,25);1H. The summed E-state index contributed by atoms with van der Waals surface area (Å²) < 4.78 is 62.5. The van der Waals surface area contributed by atoms with Crippen molar-refractivity contribution in [3.8, 4) is 0 Å². The lowest BCUT2D eigenvalue weighted by molar-refractivity contribution is -0.0446. The van der Waals surface area contributed by atoms with Crippen molar-refractivity contribution in [3.63, 3.8) is 0 Å². The molecule has 29 heavy (non-hydrogen) atoms. The summed E-state index contributed by atoms with van der Waals surface area (Å²) in [7, 11) is -5.80. The lowest BCUT2D eigenvalue weighted by Crippen LogP contribution is -2.40. The summed E-state index contributed by atoms with van der Waals surface area (Å²) in [5, 5.41) is 0.522. The largest absolute Gasteiger partial charge is 0.516 e. The van der Waals surface area contributed by atoms with Gasteiger partial charge in [-0.3, -0.25) is 4.79 Å². The molecule has 0 radical (unpaired) electrons. The molecule has 0 aliphatic rings. The molecule has 0 spiro atoms. The van der Waals surface area contributed by atoms with Gasteiger partial charge in [-0.1, -0.05) is 29.8 Å². The van der Waals surface area contributed by atoms with Crippen LogP contribution in [0.15, 0.2) is 42.5 Å². The Morgan fingerprint density at radius 1 is 1.21 bits per heavy atom. The second kappa shape index (κ2) is 8.21. The zero-order valence-corrected chi connectivity index (χ0v) is 17.1. The van der Waals surface area contributed by atoms with Crippen LogP contribution in [0.3, 0.4) is 0 Å². The van der Waals surface area contributed by atoms with Crippen molar-refractivity contribution in [2.45, 2.75) is 19.0 Å². The molecule has 1 N–H and O–H groups in total. The first-order valence-electron chi connectivity index (χ1n) is 7.83. The Bertz CT molecular complexity index is 1180. The zero-order valence-electron chi connectivity index (χ0n) is 14.7. The summed E-state index contributed by atoms with van der Waals surface area (Å²) in [6, 6.07) is 11.0. The highest BCUT2D eigenvalue weighted by Gasteiger charge is 2.47. The normalized spacial score (nSPS) is 11.9. The minimum atomic E-state index is -5.80. The predicted octanol–water partition coefficient (Wildman–Crippen LogP) is 4.05.